The molecule has 0 aliphatic carbocycles. The highest BCUT2D eigenvalue weighted by Gasteiger charge is 2.16. The molecule has 1 atom stereocenters. The van der Waals surface area contributed by atoms with Gasteiger partial charge < -0.3 is 14.3 Å². The van der Waals surface area contributed by atoms with Gasteiger partial charge in [-0.05, 0) is 33.4 Å². The number of nitrogens with zero attached hydrogens (tertiary/aromatic N) is 1. The van der Waals surface area contributed by atoms with Crippen molar-refractivity contribution in [2.75, 3.05) is 20.7 Å². The van der Waals surface area contributed by atoms with E-state index >= 15 is 0 Å². The molecule has 5 heteroatoms. The van der Waals surface area contributed by atoms with Crippen LogP contribution in [-0.2, 0) is 11.3 Å². The van der Waals surface area contributed by atoms with E-state index in [0.717, 1.165) is 17.9 Å². The molecule has 1 aromatic rings. The van der Waals surface area contributed by atoms with Crippen LogP contribution in [0, 0.1) is 6.92 Å². The van der Waals surface area contributed by atoms with Gasteiger partial charge in [0.25, 0.3) is 0 Å². The average molecular weight is 255 g/mol. The number of methoxy groups -OCH3 is 1. The summed E-state index contributed by atoms with van der Waals surface area (Å²) >= 11 is 0. The third-order valence-electron chi connectivity index (χ3n) is 2.69. The fraction of sp³-hybridized carbons (Fsp3) is 0.615. The lowest BCUT2D eigenvalue weighted by Crippen LogP contribution is -2.21. The quantitative estimate of drug-likeness (QED) is 0.782. The summed E-state index contributed by atoms with van der Waals surface area (Å²) in [5, 5.41) is 9.21. The third kappa shape index (κ3) is 4.16. The van der Waals surface area contributed by atoms with E-state index in [-0.39, 0.29) is 11.9 Å². The highest BCUT2D eigenvalue weighted by Crippen LogP contribution is 2.17. The number of rotatable bonds is 6. The van der Waals surface area contributed by atoms with Crippen LogP contribution >= 0.6 is 0 Å². The van der Waals surface area contributed by atoms with E-state index in [4.69, 9.17) is 4.42 Å². The van der Waals surface area contributed by atoms with Crippen LogP contribution in [0.1, 0.15) is 35.2 Å². The predicted octanol–water partition coefficient (Wildman–Crippen LogP) is 1.58. The zero-order valence-corrected chi connectivity index (χ0v) is 11.4. The number of carbonyl (C=O) groups excluding carboxylic acids is 1. The van der Waals surface area contributed by atoms with Crippen molar-refractivity contribution >= 4 is 5.97 Å². The molecule has 0 saturated carbocycles. The van der Waals surface area contributed by atoms with Crippen molar-refractivity contribution in [2.45, 2.75) is 32.9 Å². The van der Waals surface area contributed by atoms with Gasteiger partial charge in [0, 0.05) is 12.1 Å². The van der Waals surface area contributed by atoms with Crippen LogP contribution in [0.25, 0.3) is 0 Å². The van der Waals surface area contributed by atoms with Crippen molar-refractivity contribution in [1.29, 1.82) is 0 Å². The Hall–Kier alpha value is -1.33. The Morgan fingerprint density at radius 3 is 2.83 bits per heavy atom. The first kappa shape index (κ1) is 14.7. The van der Waals surface area contributed by atoms with E-state index in [0.29, 0.717) is 13.0 Å². The maximum atomic E-state index is 11.4. The Balaban J connectivity index is 2.60. The highest BCUT2D eigenvalue weighted by molar-refractivity contribution is 5.87. The first-order valence-electron chi connectivity index (χ1n) is 5.98. The summed E-state index contributed by atoms with van der Waals surface area (Å²) in [4.78, 5) is 13.4. The molecular weight excluding hydrogens is 234 g/mol. The lowest BCUT2D eigenvalue weighted by Gasteiger charge is -2.15. The SMILES string of the molecule is COC(=O)c1oc(CN(C)CCC(C)O)cc1C. The number of aryl methyl sites for hydroxylation is 1. The third-order valence-corrected chi connectivity index (χ3v) is 2.69. The zero-order chi connectivity index (χ0) is 13.7. The smallest absolute Gasteiger partial charge is 0.374 e. The summed E-state index contributed by atoms with van der Waals surface area (Å²) in [6.07, 6.45) is 0.400. The lowest BCUT2D eigenvalue weighted by molar-refractivity contribution is 0.0560. The summed E-state index contributed by atoms with van der Waals surface area (Å²) in [5.74, 6) is 0.530. The van der Waals surface area contributed by atoms with E-state index in [9.17, 15) is 9.90 Å². The fourth-order valence-electron chi connectivity index (χ4n) is 1.67. The molecule has 1 rings (SSSR count). The van der Waals surface area contributed by atoms with Gasteiger partial charge in [-0.15, -0.1) is 0 Å². The number of ether oxygens (including phenoxy) is 1. The highest BCUT2D eigenvalue weighted by atomic mass is 16.5. The van der Waals surface area contributed by atoms with Gasteiger partial charge in [0.05, 0.1) is 19.8 Å². The van der Waals surface area contributed by atoms with Crippen molar-refractivity contribution in [2.24, 2.45) is 0 Å². The zero-order valence-electron chi connectivity index (χ0n) is 11.4. The molecule has 0 amide bonds. The largest absolute Gasteiger partial charge is 0.463 e. The molecule has 1 N–H and O–H groups in total. The van der Waals surface area contributed by atoms with E-state index in [1.165, 1.54) is 7.11 Å². The van der Waals surface area contributed by atoms with Crippen LogP contribution in [-0.4, -0.2) is 42.8 Å². The molecule has 0 aromatic carbocycles. The van der Waals surface area contributed by atoms with E-state index in [1.807, 2.05) is 24.9 Å². The number of carbonyl (C=O) groups is 1. The van der Waals surface area contributed by atoms with Gasteiger partial charge in [0.2, 0.25) is 5.76 Å². The molecule has 0 bridgehead atoms. The number of hydrogen-bond acceptors (Lipinski definition) is 5. The van der Waals surface area contributed by atoms with Crippen LogP contribution in [0.4, 0.5) is 0 Å². The number of furan rings is 1. The van der Waals surface area contributed by atoms with Crippen LogP contribution in [0.3, 0.4) is 0 Å². The van der Waals surface area contributed by atoms with Crippen LogP contribution in [0.15, 0.2) is 10.5 Å². The molecular formula is C13H21NO4. The second kappa shape index (κ2) is 6.56. The van der Waals surface area contributed by atoms with Crippen LogP contribution in [0.5, 0.6) is 0 Å². The molecule has 102 valence electrons. The molecule has 0 saturated heterocycles. The first-order valence-corrected chi connectivity index (χ1v) is 5.98. The van der Waals surface area contributed by atoms with Gasteiger partial charge in [0.15, 0.2) is 0 Å². The van der Waals surface area contributed by atoms with Crippen molar-refractivity contribution in [3.05, 3.63) is 23.2 Å². The van der Waals surface area contributed by atoms with E-state index < -0.39 is 5.97 Å². The topological polar surface area (TPSA) is 62.9 Å². The average Bonchev–Trinajstić information content (AvgIpc) is 2.66. The standard InChI is InChI=1S/C13H21NO4/c1-9-7-11(18-12(9)13(16)17-4)8-14(3)6-5-10(2)15/h7,10,15H,5-6,8H2,1-4H3. The summed E-state index contributed by atoms with van der Waals surface area (Å²) < 4.78 is 10.1. The Bertz CT molecular complexity index is 398. The Morgan fingerprint density at radius 1 is 1.61 bits per heavy atom. The van der Waals surface area contributed by atoms with Crippen LogP contribution < -0.4 is 0 Å². The summed E-state index contributed by atoms with van der Waals surface area (Å²) in [6.45, 7) is 4.95. The van der Waals surface area contributed by atoms with Crippen molar-refractivity contribution < 1.29 is 19.1 Å². The molecule has 0 aliphatic rings. The Morgan fingerprint density at radius 2 is 2.28 bits per heavy atom. The molecule has 1 aromatic heterocycles. The number of aliphatic hydroxyl groups excluding tert-OH is 1. The summed E-state index contributed by atoms with van der Waals surface area (Å²) in [6, 6.07) is 1.84. The molecule has 1 unspecified atom stereocenters. The maximum absolute atomic E-state index is 11.4. The predicted molar refractivity (Wildman–Crippen MR) is 67.4 cm³/mol. The Kier molecular flexibility index (Phi) is 5.37. The minimum absolute atomic E-state index is 0.261. The van der Waals surface area contributed by atoms with Crippen LogP contribution in [0.2, 0.25) is 0 Å². The molecule has 0 aliphatic heterocycles. The van der Waals surface area contributed by atoms with E-state index in [2.05, 4.69) is 4.74 Å². The van der Waals surface area contributed by atoms with Crippen molar-refractivity contribution in [3.63, 3.8) is 0 Å². The van der Waals surface area contributed by atoms with Gasteiger partial charge in [-0.2, -0.15) is 0 Å². The monoisotopic (exact) mass is 255 g/mol. The maximum Gasteiger partial charge on any atom is 0.374 e. The molecule has 1 heterocycles. The van der Waals surface area contributed by atoms with Crippen molar-refractivity contribution in [1.82, 2.24) is 4.90 Å². The van der Waals surface area contributed by atoms with Gasteiger partial charge in [-0.3, -0.25) is 4.90 Å². The van der Waals surface area contributed by atoms with Gasteiger partial charge in [0.1, 0.15) is 5.76 Å². The Labute approximate surface area is 107 Å². The number of esters is 1. The summed E-state index contributed by atoms with van der Waals surface area (Å²) in [5.41, 5.74) is 0.778. The minimum atomic E-state index is -0.453. The first-order chi connectivity index (χ1) is 8.43. The van der Waals surface area contributed by atoms with Gasteiger partial charge in [-0.25, -0.2) is 4.79 Å². The molecule has 5 nitrogen and oxygen atoms in total. The summed E-state index contributed by atoms with van der Waals surface area (Å²) in [7, 11) is 3.27. The second-order valence-corrected chi connectivity index (χ2v) is 4.59. The molecule has 0 radical (unpaired) electrons. The number of aliphatic hydroxyl groups is 1. The molecule has 18 heavy (non-hydrogen) atoms. The second-order valence-electron chi connectivity index (χ2n) is 4.59. The van der Waals surface area contributed by atoms with E-state index in [1.54, 1.807) is 6.92 Å². The minimum Gasteiger partial charge on any atom is -0.463 e. The molecule has 0 fully saturated rings. The normalized spacial score (nSPS) is 12.8. The number of hydrogen-bond donors (Lipinski definition) is 1. The van der Waals surface area contributed by atoms with Gasteiger partial charge in [-0.1, -0.05) is 0 Å². The van der Waals surface area contributed by atoms with Gasteiger partial charge >= 0.3 is 5.97 Å². The fourth-order valence-corrected chi connectivity index (χ4v) is 1.67. The molecule has 0 spiro atoms. The van der Waals surface area contributed by atoms with Crippen molar-refractivity contribution in [3.8, 4) is 0 Å². The lowest BCUT2D eigenvalue weighted by atomic mass is 10.2.